The molecule has 0 heterocycles. The van der Waals surface area contributed by atoms with Crippen LogP contribution < -0.4 is 5.43 Å². The molecule has 5 rings (SSSR count). The Morgan fingerprint density at radius 1 is 1.15 bits per heavy atom. The summed E-state index contributed by atoms with van der Waals surface area (Å²) in [4.78, 5) is 22.8. The summed E-state index contributed by atoms with van der Waals surface area (Å²) >= 11 is 0. The summed E-state index contributed by atoms with van der Waals surface area (Å²) in [6, 6.07) is 6.21. The molecule has 4 aliphatic carbocycles. The van der Waals surface area contributed by atoms with E-state index in [4.69, 9.17) is 0 Å². The lowest BCUT2D eigenvalue weighted by Gasteiger charge is -2.56. The molecule has 0 unspecified atom stereocenters. The van der Waals surface area contributed by atoms with E-state index in [1.165, 1.54) is 50.7 Å². The van der Waals surface area contributed by atoms with Crippen LogP contribution in [0.15, 0.2) is 29.4 Å². The molecule has 0 radical (unpaired) electrons. The summed E-state index contributed by atoms with van der Waals surface area (Å²) in [5, 5.41) is 14.9. The van der Waals surface area contributed by atoms with Crippen LogP contribution in [0.2, 0.25) is 0 Å². The molecule has 0 aromatic heterocycles. The Balaban J connectivity index is 1.37. The van der Waals surface area contributed by atoms with Crippen LogP contribution in [0, 0.1) is 33.3 Å². The summed E-state index contributed by atoms with van der Waals surface area (Å²) in [6.45, 7) is 1.80. The number of non-ortho nitro benzene ring substituents is 1. The smallest absolute Gasteiger partial charge is 0.269 e. The number of amides is 1. The third-order valence-electron chi connectivity index (χ3n) is 6.54. The molecule has 26 heavy (non-hydrogen) atoms. The number of carbonyl (C=O) groups is 1. The number of hydrazone groups is 1. The largest absolute Gasteiger partial charge is 0.273 e. The molecule has 0 saturated heterocycles. The van der Waals surface area contributed by atoms with E-state index >= 15 is 0 Å². The predicted molar refractivity (Wildman–Crippen MR) is 98.7 cm³/mol. The van der Waals surface area contributed by atoms with E-state index in [0.29, 0.717) is 12.1 Å². The zero-order valence-corrected chi connectivity index (χ0v) is 15.1. The number of rotatable bonds is 5. The van der Waals surface area contributed by atoms with E-state index in [-0.39, 0.29) is 17.0 Å². The van der Waals surface area contributed by atoms with Crippen LogP contribution in [0.1, 0.15) is 57.4 Å². The van der Waals surface area contributed by atoms with Crippen molar-refractivity contribution in [1.82, 2.24) is 5.43 Å². The summed E-state index contributed by atoms with van der Waals surface area (Å²) in [6.07, 6.45) is 8.31. The first-order chi connectivity index (χ1) is 12.4. The van der Waals surface area contributed by atoms with E-state index in [0.717, 1.165) is 23.3 Å². The standard InChI is InChI=1S/C20H25N3O3/c1-13(17-2-4-18(5-3-17)23(25)26)21-22-19(24)12-20-9-14-6-15(10-20)8-16(7-14)11-20/h2-5,14-16H,6-12H2,1H3,(H,22,24)/b21-13-. The van der Waals surface area contributed by atoms with Crippen molar-refractivity contribution < 1.29 is 9.72 Å². The van der Waals surface area contributed by atoms with Gasteiger partial charge in [0.15, 0.2) is 0 Å². The molecule has 1 aromatic rings. The lowest BCUT2D eigenvalue weighted by Crippen LogP contribution is -2.47. The number of hydrogen-bond acceptors (Lipinski definition) is 4. The second-order valence-corrected chi connectivity index (χ2v) is 8.63. The molecule has 4 bridgehead atoms. The van der Waals surface area contributed by atoms with Gasteiger partial charge in [-0.05, 0) is 86.3 Å². The van der Waals surface area contributed by atoms with Crippen molar-refractivity contribution in [2.45, 2.75) is 51.9 Å². The molecule has 138 valence electrons. The predicted octanol–water partition coefficient (Wildman–Crippen LogP) is 4.04. The Morgan fingerprint density at radius 3 is 2.19 bits per heavy atom. The maximum Gasteiger partial charge on any atom is 0.269 e. The van der Waals surface area contributed by atoms with Crippen LogP contribution in [-0.2, 0) is 4.79 Å². The van der Waals surface area contributed by atoms with Gasteiger partial charge in [0.2, 0.25) is 5.91 Å². The van der Waals surface area contributed by atoms with Crippen LogP contribution in [0.3, 0.4) is 0 Å². The molecular weight excluding hydrogens is 330 g/mol. The Labute approximate surface area is 153 Å². The molecule has 1 aromatic carbocycles. The Morgan fingerprint density at radius 2 is 1.69 bits per heavy atom. The molecule has 1 amide bonds. The van der Waals surface area contributed by atoms with Crippen molar-refractivity contribution in [3.8, 4) is 0 Å². The lowest BCUT2D eigenvalue weighted by molar-refractivity contribution is -0.384. The number of hydrogen-bond donors (Lipinski definition) is 1. The average Bonchev–Trinajstić information content (AvgIpc) is 2.58. The van der Waals surface area contributed by atoms with E-state index in [1.54, 1.807) is 19.1 Å². The fourth-order valence-electron chi connectivity index (χ4n) is 5.92. The van der Waals surface area contributed by atoms with Crippen molar-refractivity contribution in [1.29, 1.82) is 0 Å². The lowest BCUT2D eigenvalue weighted by atomic mass is 9.49. The van der Waals surface area contributed by atoms with Gasteiger partial charge < -0.3 is 0 Å². The zero-order valence-electron chi connectivity index (χ0n) is 15.1. The van der Waals surface area contributed by atoms with Gasteiger partial charge in [0.1, 0.15) is 0 Å². The quantitative estimate of drug-likeness (QED) is 0.491. The molecule has 4 fully saturated rings. The highest BCUT2D eigenvalue weighted by Gasteiger charge is 2.51. The second kappa shape index (κ2) is 6.49. The third-order valence-corrected chi connectivity index (χ3v) is 6.54. The molecule has 4 aliphatic rings. The number of nitro benzene ring substituents is 1. The van der Waals surface area contributed by atoms with Gasteiger partial charge in [-0.3, -0.25) is 14.9 Å². The van der Waals surface area contributed by atoms with E-state index in [1.807, 2.05) is 0 Å². The molecule has 1 N–H and O–H groups in total. The van der Waals surface area contributed by atoms with Gasteiger partial charge in [0, 0.05) is 18.6 Å². The van der Waals surface area contributed by atoms with Crippen molar-refractivity contribution in [2.24, 2.45) is 28.3 Å². The number of benzene rings is 1. The maximum absolute atomic E-state index is 12.5. The molecule has 0 spiro atoms. The Bertz CT molecular complexity index is 719. The van der Waals surface area contributed by atoms with Gasteiger partial charge in [-0.2, -0.15) is 5.10 Å². The summed E-state index contributed by atoms with van der Waals surface area (Å²) in [7, 11) is 0. The van der Waals surface area contributed by atoms with E-state index in [2.05, 4.69) is 10.5 Å². The van der Waals surface area contributed by atoms with Crippen LogP contribution in [0.25, 0.3) is 0 Å². The summed E-state index contributed by atoms with van der Waals surface area (Å²) in [5.41, 5.74) is 4.38. The summed E-state index contributed by atoms with van der Waals surface area (Å²) in [5.74, 6) is 2.49. The Kier molecular flexibility index (Phi) is 4.29. The minimum Gasteiger partial charge on any atom is -0.273 e. The number of nitrogens with one attached hydrogen (secondary N) is 1. The number of nitro groups is 1. The maximum atomic E-state index is 12.5. The van der Waals surface area contributed by atoms with Gasteiger partial charge in [0.25, 0.3) is 5.69 Å². The molecular formula is C20H25N3O3. The van der Waals surface area contributed by atoms with Crippen molar-refractivity contribution in [3.63, 3.8) is 0 Å². The first-order valence-electron chi connectivity index (χ1n) is 9.50. The topological polar surface area (TPSA) is 84.6 Å². The highest BCUT2D eigenvalue weighted by atomic mass is 16.6. The minimum atomic E-state index is -0.427. The number of nitrogens with zero attached hydrogens (tertiary/aromatic N) is 2. The van der Waals surface area contributed by atoms with Gasteiger partial charge in [0.05, 0.1) is 10.6 Å². The number of carbonyl (C=O) groups excluding carboxylic acids is 1. The highest BCUT2D eigenvalue weighted by Crippen LogP contribution is 2.61. The van der Waals surface area contributed by atoms with Crippen LogP contribution >= 0.6 is 0 Å². The molecule has 6 heteroatoms. The fraction of sp³-hybridized carbons (Fsp3) is 0.600. The first-order valence-corrected chi connectivity index (χ1v) is 9.50. The monoisotopic (exact) mass is 355 g/mol. The summed E-state index contributed by atoms with van der Waals surface area (Å²) < 4.78 is 0. The SMILES string of the molecule is C/C(=N/NC(=O)CC12CC3CC(CC(C3)C1)C2)c1ccc([N+](=O)[O-])cc1. The molecule has 6 nitrogen and oxygen atoms in total. The van der Waals surface area contributed by atoms with Gasteiger partial charge >= 0.3 is 0 Å². The van der Waals surface area contributed by atoms with E-state index < -0.39 is 4.92 Å². The van der Waals surface area contributed by atoms with Crippen LogP contribution in [-0.4, -0.2) is 16.5 Å². The van der Waals surface area contributed by atoms with Gasteiger partial charge in [-0.15, -0.1) is 0 Å². The molecule has 0 atom stereocenters. The molecule has 4 saturated carbocycles. The average molecular weight is 355 g/mol. The third kappa shape index (κ3) is 3.37. The minimum absolute atomic E-state index is 0.00629. The van der Waals surface area contributed by atoms with E-state index in [9.17, 15) is 14.9 Å². The van der Waals surface area contributed by atoms with Gasteiger partial charge in [-0.25, -0.2) is 5.43 Å². The van der Waals surface area contributed by atoms with Gasteiger partial charge in [-0.1, -0.05) is 0 Å². The highest BCUT2D eigenvalue weighted by molar-refractivity contribution is 5.99. The normalized spacial score (nSPS) is 32.5. The Hall–Kier alpha value is -2.24. The van der Waals surface area contributed by atoms with Crippen molar-refractivity contribution >= 4 is 17.3 Å². The van der Waals surface area contributed by atoms with Crippen LogP contribution in [0.4, 0.5) is 5.69 Å². The second-order valence-electron chi connectivity index (χ2n) is 8.63. The zero-order chi connectivity index (χ0) is 18.3. The van der Waals surface area contributed by atoms with Crippen LogP contribution in [0.5, 0.6) is 0 Å². The fourth-order valence-corrected chi connectivity index (χ4v) is 5.92. The molecule has 0 aliphatic heterocycles. The van der Waals surface area contributed by atoms with Crippen molar-refractivity contribution in [2.75, 3.05) is 0 Å². The first kappa shape index (κ1) is 17.2. The van der Waals surface area contributed by atoms with Crippen molar-refractivity contribution in [3.05, 3.63) is 39.9 Å².